The van der Waals surface area contributed by atoms with E-state index in [1.807, 2.05) is 30.4 Å². The van der Waals surface area contributed by atoms with Gasteiger partial charge < -0.3 is 10.1 Å². The van der Waals surface area contributed by atoms with Gasteiger partial charge in [0, 0.05) is 18.3 Å². The summed E-state index contributed by atoms with van der Waals surface area (Å²) >= 11 is 12.0. The fourth-order valence-electron chi connectivity index (χ4n) is 3.36. The molecule has 1 aromatic heterocycles. The summed E-state index contributed by atoms with van der Waals surface area (Å²) < 4.78 is 4.88. The zero-order valence-corrected chi connectivity index (χ0v) is 16.7. The first-order valence-corrected chi connectivity index (χ1v) is 9.79. The van der Waals surface area contributed by atoms with E-state index in [2.05, 4.69) is 15.5 Å². The molecule has 27 heavy (non-hydrogen) atoms. The molecule has 0 amide bonds. The van der Waals surface area contributed by atoms with Gasteiger partial charge in [0.1, 0.15) is 0 Å². The molecule has 0 bridgehead atoms. The van der Waals surface area contributed by atoms with Crippen LogP contribution in [0.3, 0.4) is 0 Å². The summed E-state index contributed by atoms with van der Waals surface area (Å²) in [5.41, 5.74) is 2.81. The van der Waals surface area contributed by atoms with Gasteiger partial charge in [-0.1, -0.05) is 41.8 Å². The third-order valence-corrected chi connectivity index (χ3v) is 5.57. The predicted octanol–water partition coefficient (Wildman–Crippen LogP) is 4.71. The number of hydrogen-bond acceptors (Lipinski definition) is 4. The second-order valence-corrected chi connectivity index (χ2v) is 7.60. The van der Waals surface area contributed by atoms with Crippen LogP contribution in [0.5, 0.6) is 0 Å². The van der Waals surface area contributed by atoms with Crippen molar-refractivity contribution in [2.45, 2.75) is 38.3 Å². The number of aromatic amines is 1. The highest BCUT2D eigenvalue weighted by Crippen LogP contribution is 2.26. The molecule has 0 saturated heterocycles. The van der Waals surface area contributed by atoms with Crippen molar-refractivity contribution in [3.63, 3.8) is 0 Å². The minimum atomic E-state index is -0.0993. The smallest absolute Gasteiger partial charge is 0.308 e. The molecule has 5 nitrogen and oxygen atoms in total. The Kier molecular flexibility index (Phi) is 6.94. The molecule has 1 aliphatic rings. The van der Waals surface area contributed by atoms with Gasteiger partial charge in [0.25, 0.3) is 0 Å². The first-order chi connectivity index (χ1) is 13.0. The quantitative estimate of drug-likeness (QED) is 0.680. The minimum absolute atomic E-state index is 0.00714. The number of halogens is 2. The van der Waals surface area contributed by atoms with Crippen molar-refractivity contribution in [3.05, 3.63) is 51.3 Å². The Balaban J connectivity index is 1.52. The lowest BCUT2D eigenvalue weighted by atomic mass is 9.85. The van der Waals surface area contributed by atoms with Crippen LogP contribution < -0.4 is 5.32 Å². The molecule has 1 heterocycles. The number of nitrogens with one attached hydrogen (secondary N) is 2. The lowest BCUT2D eigenvalue weighted by Crippen LogP contribution is -2.36. The van der Waals surface area contributed by atoms with Crippen LogP contribution in [0.1, 0.15) is 42.6 Å². The average molecular weight is 408 g/mol. The zero-order chi connectivity index (χ0) is 19.2. The molecule has 7 heteroatoms. The number of hydrogen-bond donors (Lipinski definition) is 2. The molecule has 2 aromatic rings. The Hall–Kier alpha value is -1.82. The number of H-pyrrole nitrogens is 1. The summed E-state index contributed by atoms with van der Waals surface area (Å²) in [5, 5.41) is 11.9. The summed E-state index contributed by atoms with van der Waals surface area (Å²) in [6.07, 6.45) is 7.72. The number of carbonyl (C=O) groups is 1. The fourth-order valence-corrected chi connectivity index (χ4v) is 3.67. The van der Waals surface area contributed by atoms with Crippen LogP contribution in [0.15, 0.2) is 24.3 Å². The molecule has 1 aromatic carbocycles. The van der Waals surface area contributed by atoms with Crippen molar-refractivity contribution in [2.75, 3.05) is 7.11 Å². The SMILES string of the molecule is COC(=O)C1CCCC(NCc2cc(/C=C/c3ccc(Cl)c(Cl)c3)n[nH]2)C1. The summed E-state index contributed by atoms with van der Waals surface area (Å²) in [7, 11) is 1.46. The molecule has 2 N–H and O–H groups in total. The van der Waals surface area contributed by atoms with Crippen LogP contribution in [-0.2, 0) is 16.1 Å². The van der Waals surface area contributed by atoms with Crippen LogP contribution in [0.2, 0.25) is 10.0 Å². The first-order valence-electron chi connectivity index (χ1n) is 9.04. The van der Waals surface area contributed by atoms with Crippen LogP contribution >= 0.6 is 23.2 Å². The maximum atomic E-state index is 11.7. The van der Waals surface area contributed by atoms with E-state index in [-0.39, 0.29) is 11.9 Å². The molecule has 144 valence electrons. The molecular weight excluding hydrogens is 385 g/mol. The third-order valence-electron chi connectivity index (χ3n) is 4.83. The topological polar surface area (TPSA) is 67.0 Å². The number of methoxy groups -OCH3 is 1. The molecule has 0 radical (unpaired) electrons. The van der Waals surface area contributed by atoms with Crippen molar-refractivity contribution in [2.24, 2.45) is 5.92 Å². The van der Waals surface area contributed by atoms with Crippen molar-refractivity contribution in [3.8, 4) is 0 Å². The largest absolute Gasteiger partial charge is 0.469 e. The zero-order valence-electron chi connectivity index (χ0n) is 15.2. The Bertz CT molecular complexity index is 819. The molecule has 2 unspecified atom stereocenters. The van der Waals surface area contributed by atoms with Gasteiger partial charge in [-0.15, -0.1) is 0 Å². The number of rotatable bonds is 6. The van der Waals surface area contributed by atoms with Gasteiger partial charge >= 0.3 is 5.97 Å². The van der Waals surface area contributed by atoms with Crippen LogP contribution in [-0.4, -0.2) is 29.3 Å². The molecule has 1 fully saturated rings. The highest BCUT2D eigenvalue weighted by molar-refractivity contribution is 6.42. The molecule has 0 spiro atoms. The lowest BCUT2D eigenvalue weighted by Gasteiger charge is -2.28. The molecule has 1 saturated carbocycles. The minimum Gasteiger partial charge on any atom is -0.469 e. The molecule has 0 aliphatic heterocycles. The van der Waals surface area contributed by atoms with E-state index in [1.165, 1.54) is 7.11 Å². The summed E-state index contributed by atoms with van der Waals surface area (Å²) in [6.45, 7) is 0.687. The number of carbonyl (C=O) groups excluding carboxylic acids is 1. The van der Waals surface area contributed by atoms with E-state index in [1.54, 1.807) is 6.07 Å². The number of esters is 1. The van der Waals surface area contributed by atoms with Gasteiger partial charge in [0.15, 0.2) is 0 Å². The van der Waals surface area contributed by atoms with E-state index in [4.69, 9.17) is 27.9 Å². The Morgan fingerprint density at radius 3 is 2.93 bits per heavy atom. The molecular formula is C20H23Cl2N3O2. The fraction of sp³-hybridized carbons (Fsp3) is 0.400. The van der Waals surface area contributed by atoms with E-state index >= 15 is 0 Å². The summed E-state index contributed by atoms with van der Waals surface area (Å²) in [6, 6.07) is 7.81. The monoisotopic (exact) mass is 407 g/mol. The number of nitrogens with zero attached hydrogens (tertiary/aromatic N) is 1. The molecule has 1 aliphatic carbocycles. The lowest BCUT2D eigenvalue weighted by molar-refractivity contribution is -0.146. The van der Waals surface area contributed by atoms with Crippen molar-refractivity contribution in [1.82, 2.24) is 15.5 Å². The Morgan fingerprint density at radius 1 is 1.30 bits per heavy atom. The maximum Gasteiger partial charge on any atom is 0.308 e. The van der Waals surface area contributed by atoms with Gasteiger partial charge in [0.05, 0.1) is 28.8 Å². The highest BCUT2D eigenvalue weighted by Gasteiger charge is 2.27. The van der Waals surface area contributed by atoms with E-state index in [9.17, 15) is 4.79 Å². The number of aromatic nitrogens is 2. The summed E-state index contributed by atoms with van der Waals surface area (Å²) in [5.74, 6) is -0.0922. The molecule has 2 atom stereocenters. The van der Waals surface area contributed by atoms with Crippen LogP contribution in [0, 0.1) is 5.92 Å². The average Bonchev–Trinajstić information content (AvgIpc) is 3.15. The Labute approximate surface area is 169 Å². The maximum absolute atomic E-state index is 11.7. The van der Waals surface area contributed by atoms with E-state index in [0.717, 1.165) is 42.6 Å². The molecule has 3 rings (SSSR count). The second-order valence-electron chi connectivity index (χ2n) is 6.79. The Morgan fingerprint density at radius 2 is 2.15 bits per heavy atom. The van der Waals surface area contributed by atoms with Crippen molar-refractivity contribution in [1.29, 1.82) is 0 Å². The van der Waals surface area contributed by atoms with Crippen molar-refractivity contribution < 1.29 is 9.53 Å². The summed E-state index contributed by atoms with van der Waals surface area (Å²) in [4.78, 5) is 11.7. The second kappa shape index (κ2) is 9.40. The number of benzene rings is 1. The van der Waals surface area contributed by atoms with E-state index in [0.29, 0.717) is 22.6 Å². The van der Waals surface area contributed by atoms with E-state index < -0.39 is 0 Å². The highest BCUT2D eigenvalue weighted by atomic mass is 35.5. The van der Waals surface area contributed by atoms with Crippen LogP contribution in [0.4, 0.5) is 0 Å². The van der Waals surface area contributed by atoms with Crippen LogP contribution in [0.25, 0.3) is 12.2 Å². The van der Waals surface area contributed by atoms with Gasteiger partial charge in [-0.25, -0.2) is 0 Å². The van der Waals surface area contributed by atoms with Gasteiger partial charge in [-0.05, 0) is 49.1 Å². The standard InChI is InChI=1S/C20H23Cl2N3O2/c1-27-20(26)14-3-2-4-15(10-14)23-12-17-11-16(24-25-17)7-5-13-6-8-18(21)19(22)9-13/h5-9,11,14-15,23H,2-4,10,12H2,1H3,(H,24,25)/b7-5+. The predicted molar refractivity (Wildman–Crippen MR) is 109 cm³/mol. The van der Waals surface area contributed by atoms with Crippen molar-refractivity contribution >= 4 is 41.3 Å². The van der Waals surface area contributed by atoms with Gasteiger partial charge in [-0.3, -0.25) is 9.89 Å². The third kappa shape index (κ3) is 5.58. The normalized spacial score (nSPS) is 20.1. The van der Waals surface area contributed by atoms with Gasteiger partial charge in [-0.2, -0.15) is 5.10 Å². The first kappa shape index (κ1) is 19.9. The number of ether oxygens (including phenoxy) is 1. The van der Waals surface area contributed by atoms with Gasteiger partial charge in [0.2, 0.25) is 0 Å².